The van der Waals surface area contributed by atoms with Crippen LogP contribution in [0.15, 0.2) is 18.2 Å². The number of ether oxygens (including phenoxy) is 1. The number of rotatable bonds is 3. The van der Waals surface area contributed by atoms with Crippen LogP contribution in [-0.2, 0) is 9.53 Å². The van der Waals surface area contributed by atoms with Crippen LogP contribution in [0.3, 0.4) is 0 Å². The second kappa shape index (κ2) is 10.6. The molecule has 13 heteroatoms. The maximum absolute atomic E-state index is 15.1. The Bertz CT molecular complexity index is 1120. The monoisotopic (exact) mass is 555 g/mol. The lowest BCUT2D eigenvalue weighted by Crippen LogP contribution is -2.63. The van der Waals surface area contributed by atoms with E-state index in [1.807, 2.05) is 0 Å². The van der Waals surface area contributed by atoms with Crippen LogP contribution in [0.4, 0.5) is 24.1 Å². The summed E-state index contributed by atoms with van der Waals surface area (Å²) < 4.78 is 35.4. The van der Waals surface area contributed by atoms with E-state index >= 15 is 8.78 Å². The molecule has 10 nitrogen and oxygen atoms in total. The van der Waals surface area contributed by atoms with Gasteiger partial charge in [0.25, 0.3) is 11.8 Å². The first-order valence-corrected chi connectivity index (χ1v) is 12.9. The summed E-state index contributed by atoms with van der Waals surface area (Å²) in [5.41, 5.74) is -0.146. The summed E-state index contributed by atoms with van der Waals surface area (Å²) in [6.07, 6.45) is -0.535. The number of piperidine rings is 1. The molecule has 1 aromatic carbocycles. The van der Waals surface area contributed by atoms with Crippen molar-refractivity contribution in [3.63, 3.8) is 0 Å². The number of carbonyl (C=O) groups is 4. The number of imide groups is 1. The average molecular weight is 556 g/mol. The van der Waals surface area contributed by atoms with Gasteiger partial charge in [-0.2, -0.15) is 0 Å². The van der Waals surface area contributed by atoms with Crippen LogP contribution < -0.4 is 10.2 Å². The quantitative estimate of drug-likeness (QED) is 0.614. The predicted molar refractivity (Wildman–Crippen MR) is 136 cm³/mol. The minimum absolute atomic E-state index is 0.0983. The molecule has 0 bridgehead atoms. The Hall–Kier alpha value is -2.99. The van der Waals surface area contributed by atoms with Gasteiger partial charge in [-0.1, -0.05) is 11.6 Å². The number of urea groups is 1. The minimum atomic E-state index is -3.12. The molecule has 5 amide bonds. The number of carbonyl (C=O) groups excluding carboxylic acids is 4. The van der Waals surface area contributed by atoms with E-state index in [0.29, 0.717) is 11.3 Å². The zero-order valence-electron chi connectivity index (χ0n) is 21.6. The van der Waals surface area contributed by atoms with Crippen molar-refractivity contribution in [2.24, 2.45) is 0 Å². The van der Waals surface area contributed by atoms with Crippen molar-refractivity contribution in [1.29, 1.82) is 0 Å². The highest BCUT2D eigenvalue weighted by Crippen LogP contribution is 2.33. The average Bonchev–Trinajstić information content (AvgIpc) is 2.83. The largest absolute Gasteiger partial charge is 0.444 e. The van der Waals surface area contributed by atoms with E-state index in [-0.39, 0.29) is 68.9 Å². The smallest absolute Gasteiger partial charge is 0.410 e. The van der Waals surface area contributed by atoms with Gasteiger partial charge in [-0.25, -0.2) is 18.4 Å². The number of anilines is 1. The van der Waals surface area contributed by atoms with E-state index in [4.69, 9.17) is 16.3 Å². The Morgan fingerprint density at radius 3 is 2.34 bits per heavy atom. The van der Waals surface area contributed by atoms with Gasteiger partial charge < -0.3 is 14.5 Å². The van der Waals surface area contributed by atoms with Gasteiger partial charge in [0.05, 0.1) is 23.3 Å². The number of benzene rings is 1. The number of halogens is 3. The van der Waals surface area contributed by atoms with Crippen molar-refractivity contribution in [2.45, 2.75) is 51.2 Å². The van der Waals surface area contributed by atoms with Crippen molar-refractivity contribution in [3.05, 3.63) is 28.8 Å². The van der Waals surface area contributed by atoms with Crippen LogP contribution >= 0.6 is 11.6 Å². The third-order valence-electron chi connectivity index (χ3n) is 6.79. The molecular formula is C25H32ClF2N5O5. The van der Waals surface area contributed by atoms with E-state index in [1.54, 1.807) is 36.6 Å². The second-order valence-electron chi connectivity index (χ2n) is 10.7. The molecule has 0 spiro atoms. The molecule has 0 radical (unpaired) electrons. The molecule has 0 aromatic heterocycles. The zero-order chi connectivity index (χ0) is 27.8. The van der Waals surface area contributed by atoms with Crippen molar-refractivity contribution in [2.75, 3.05) is 50.7 Å². The van der Waals surface area contributed by atoms with Crippen molar-refractivity contribution in [1.82, 2.24) is 20.0 Å². The summed E-state index contributed by atoms with van der Waals surface area (Å²) in [6.45, 7) is 5.67. The van der Waals surface area contributed by atoms with Gasteiger partial charge in [0.15, 0.2) is 0 Å². The predicted octanol–water partition coefficient (Wildman–Crippen LogP) is 3.19. The molecule has 0 unspecified atom stereocenters. The molecule has 3 fully saturated rings. The first kappa shape index (κ1) is 28.0. The molecule has 0 saturated carbocycles. The highest BCUT2D eigenvalue weighted by atomic mass is 35.5. The molecule has 3 saturated heterocycles. The highest BCUT2D eigenvalue weighted by molar-refractivity contribution is 6.34. The van der Waals surface area contributed by atoms with Crippen LogP contribution in [-0.4, -0.2) is 102 Å². The molecule has 3 aliphatic rings. The molecular weight excluding hydrogens is 524 g/mol. The van der Waals surface area contributed by atoms with Crippen LogP contribution in [0.5, 0.6) is 0 Å². The van der Waals surface area contributed by atoms with E-state index in [9.17, 15) is 19.2 Å². The summed E-state index contributed by atoms with van der Waals surface area (Å²) in [7, 11) is 0. The van der Waals surface area contributed by atoms with Crippen molar-refractivity contribution < 1.29 is 32.7 Å². The fourth-order valence-electron chi connectivity index (χ4n) is 4.93. The minimum Gasteiger partial charge on any atom is -0.444 e. The summed E-state index contributed by atoms with van der Waals surface area (Å²) in [6, 6.07) is 2.92. The Balaban J connectivity index is 1.37. The fraction of sp³-hybridized carbons (Fsp3) is 0.600. The number of likely N-dealkylation sites (tertiary alicyclic amines) is 1. The summed E-state index contributed by atoms with van der Waals surface area (Å²) in [5.74, 6) is -3.81. The zero-order valence-corrected chi connectivity index (χ0v) is 22.4. The molecule has 1 aromatic rings. The first-order chi connectivity index (χ1) is 17.7. The van der Waals surface area contributed by atoms with Crippen LogP contribution in [0.2, 0.25) is 5.02 Å². The fourth-order valence-corrected chi connectivity index (χ4v) is 5.15. The van der Waals surface area contributed by atoms with Crippen LogP contribution in [0.25, 0.3) is 0 Å². The number of nitrogens with zero attached hydrogens (tertiary/aromatic N) is 4. The molecule has 3 heterocycles. The molecule has 208 valence electrons. The second-order valence-corrected chi connectivity index (χ2v) is 11.1. The molecule has 4 rings (SSSR count). The van der Waals surface area contributed by atoms with Crippen LogP contribution in [0.1, 0.15) is 44.0 Å². The van der Waals surface area contributed by atoms with Crippen molar-refractivity contribution in [3.8, 4) is 0 Å². The Labute approximate surface area is 224 Å². The van der Waals surface area contributed by atoms with Gasteiger partial charge in [0.1, 0.15) is 5.60 Å². The van der Waals surface area contributed by atoms with Gasteiger partial charge >= 0.3 is 12.1 Å². The van der Waals surface area contributed by atoms with E-state index in [2.05, 4.69) is 5.32 Å². The summed E-state index contributed by atoms with van der Waals surface area (Å²) in [5, 5.41) is 2.49. The molecule has 38 heavy (non-hydrogen) atoms. The topological polar surface area (TPSA) is 102 Å². The van der Waals surface area contributed by atoms with Crippen molar-refractivity contribution >= 4 is 41.2 Å². The summed E-state index contributed by atoms with van der Waals surface area (Å²) in [4.78, 5) is 54.8. The Morgan fingerprint density at radius 2 is 1.74 bits per heavy atom. The maximum Gasteiger partial charge on any atom is 0.410 e. The lowest BCUT2D eigenvalue weighted by molar-refractivity contribution is -0.130. The number of piperazine rings is 1. The third kappa shape index (κ3) is 6.17. The number of amides is 5. The van der Waals surface area contributed by atoms with Gasteiger partial charge in [-0.15, -0.1) is 0 Å². The normalized spacial score (nSPS) is 22.8. The number of alkyl halides is 2. The first-order valence-electron chi connectivity index (χ1n) is 12.5. The van der Waals surface area contributed by atoms with E-state index in [0.717, 1.165) is 4.90 Å². The molecule has 3 aliphatic heterocycles. The number of hydrogen-bond acceptors (Lipinski definition) is 6. The number of hydrogen-bond donors (Lipinski definition) is 1. The van der Waals surface area contributed by atoms with E-state index < -0.39 is 36.2 Å². The van der Waals surface area contributed by atoms with E-state index in [1.165, 1.54) is 17.0 Å². The highest BCUT2D eigenvalue weighted by Gasteiger charge is 2.49. The number of nitrogens with one attached hydrogen (secondary N) is 1. The van der Waals surface area contributed by atoms with Gasteiger partial charge in [-0.05, 0) is 45.4 Å². The molecule has 0 aliphatic carbocycles. The molecule has 1 atom stereocenters. The Morgan fingerprint density at radius 1 is 1.05 bits per heavy atom. The lowest BCUT2D eigenvalue weighted by atomic mass is 9.98. The van der Waals surface area contributed by atoms with Gasteiger partial charge in [0.2, 0.25) is 5.91 Å². The summed E-state index contributed by atoms with van der Waals surface area (Å²) >= 11 is 6.27. The lowest BCUT2D eigenvalue weighted by Gasteiger charge is -2.46. The standard InChI is InChI=1S/C25H32ClF2N5O5/c1-24(2,3)38-23(37)32-8-6-19(25(27,28)15-32)30-10-12-31(13-11-30)21(35)16-4-5-17(26)18(14-16)33-9-7-20(34)29-22(33)36/h4-5,14,19H,6-13,15H2,1-3H3,(H,29,34,36)/t19-/m0/s1. The Kier molecular flexibility index (Phi) is 7.85. The maximum atomic E-state index is 15.1. The SMILES string of the molecule is CC(C)(C)OC(=O)N1CC[C@H](N2CCN(C(=O)c3ccc(Cl)c(N4CCC(=O)NC4=O)c3)CC2)C(F)(F)C1. The third-order valence-corrected chi connectivity index (χ3v) is 7.11. The van der Waals surface area contributed by atoms with Gasteiger partial charge in [-0.3, -0.25) is 24.7 Å². The van der Waals surface area contributed by atoms with Crippen LogP contribution in [0, 0.1) is 0 Å². The molecule has 1 N–H and O–H groups in total. The van der Waals surface area contributed by atoms with Gasteiger partial charge in [0, 0.05) is 51.3 Å².